The van der Waals surface area contributed by atoms with Crippen LogP contribution in [0.3, 0.4) is 0 Å². The monoisotopic (exact) mass is 344 g/mol. The molecule has 0 unspecified atom stereocenters. The SMILES string of the molecule is O=C(O)C[CH-]c1ccc(OCc2ccccc2)cc1.[Y]. The van der Waals surface area contributed by atoms with Crippen molar-refractivity contribution in [3.8, 4) is 5.75 Å². The molecule has 2 rings (SSSR count). The van der Waals surface area contributed by atoms with Gasteiger partial charge in [0.1, 0.15) is 6.61 Å². The molecule has 0 aliphatic heterocycles. The molecule has 1 N–H and O–H groups in total. The van der Waals surface area contributed by atoms with Gasteiger partial charge in [-0.15, -0.1) is 0 Å². The van der Waals surface area contributed by atoms with Gasteiger partial charge in [-0.05, 0) is 5.56 Å². The van der Waals surface area contributed by atoms with E-state index in [4.69, 9.17) is 9.84 Å². The third kappa shape index (κ3) is 5.76. The molecule has 0 saturated carbocycles. The van der Waals surface area contributed by atoms with Crippen LogP contribution in [0.15, 0.2) is 54.6 Å². The molecule has 0 aromatic heterocycles. The largest absolute Gasteiger partial charge is 0.491 e. The number of hydrogen-bond donors (Lipinski definition) is 1. The number of hydrogen-bond acceptors (Lipinski definition) is 2. The van der Waals surface area contributed by atoms with Crippen LogP contribution < -0.4 is 4.74 Å². The smallest absolute Gasteiger partial charge is 0.295 e. The maximum atomic E-state index is 10.4. The Morgan fingerprint density at radius 3 is 2.30 bits per heavy atom. The number of carboxylic acid groups (broad SMARTS) is 1. The fraction of sp³-hybridized carbons (Fsp3) is 0.125. The second-order valence-corrected chi connectivity index (χ2v) is 4.15. The predicted octanol–water partition coefficient (Wildman–Crippen LogP) is 3.29. The van der Waals surface area contributed by atoms with Crippen LogP contribution in [-0.4, -0.2) is 11.1 Å². The number of ether oxygens (including phenoxy) is 1. The minimum atomic E-state index is -0.829. The van der Waals surface area contributed by atoms with Crippen LogP contribution in [0.2, 0.25) is 0 Å². The second-order valence-electron chi connectivity index (χ2n) is 4.15. The van der Waals surface area contributed by atoms with Gasteiger partial charge in [-0.3, -0.25) is 4.79 Å². The summed E-state index contributed by atoms with van der Waals surface area (Å²) in [6.07, 6.45) is 1.70. The minimum absolute atomic E-state index is 0. The van der Waals surface area contributed by atoms with E-state index in [1.54, 1.807) is 6.42 Å². The standard InChI is InChI=1S/C16H15O3.Y/c17-16(18)11-8-13-6-9-15(10-7-13)19-12-14-4-2-1-3-5-14;/h1-10H,11-12H2,(H,17,18);/q-1;. The van der Waals surface area contributed by atoms with Crippen LogP contribution in [0, 0.1) is 6.42 Å². The van der Waals surface area contributed by atoms with Crippen molar-refractivity contribution in [3.05, 3.63) is 72.1 Å². The molecule has 101 valence electrons. The third-order valence-corrected chi connectivity index (χ3v) is 2.64. The molecule has 2 aromatic rings. The first kappa shape index (κ1) is 16.7. The van der Waals surface area contributed by atoms with Gasteiger partial charge in [0.2, 0.25) is 0 Å². The summed E-state index contributed by atoms with van der Waals surface area (Å²) in [5.41, 5.74) is 2.00. The maximum Gasteiger partial charge on any atom is 0.295 e. The number of rotatable bonds is 6. The van der Waals surface area contributed by atoms with Crippen molar-refractivity contribution in [1.82, 2.24) is 0 Å². The summed E-state index contributed by atoms with van der Waals surface area (Å²) in [6.45, 7) is 0.527. The molecule has 0 aliphatic carbocycles. The molecule has 0 aliphatic rings. The van der Waals surface area contributed by atoms with Gasteiger partial charge in [0.25, 0.3) is 5.97 Å². The fourth-order valence-corrected chi connectivity index (χ4v) is 1.65. The van der Waals surface area contributed by atoms with E-state index in [0.717, 1.165) is 16.9 Å². The van der Waals surface area contributed by atoms with E-state index >= 15 is 0 Å². The summed E-state index contributed by atoms with van der Waals surface area (Å²) in [5, 5.41) is 8.58. The van der Waals surface area contributed by atoms with Gasteiger partial charge >= 0.3 is 0 Å². The molecule has 2 aromatic carbocycles. The van der Waals surface area contributed by atoms with Gasteiger partial charge in [-0.1, -0.05) is 42.5 Å². The molecule has 3 nitrogen and oxygen atoms in total. The van der Waals surface area contributed by atoms with Crippen molar-refractivity contribution in [2.75, 3.05) is 0 Å². The first-order valence-electron chi connectivity index (χ1n) is 6.06. The number of aliphatic carboxylic acids is 1. The molecular weight excluding hydrogens is 329 g/mol. The van der Waals surface area contributed by atoms with Crippen LogP contribution in [0.5, 0.6) is 5.75 Å². The van der Waals surface area contributed by atoms with E-state index in [1.165, 1.54) is 0 Å². The Bertz CT molecular complexity index is 523. The summed E-state index contributed by atoms with van der Waals surface area (Å²) >= 11 is 0. The van der Waals surface area contributed by atoms with Crippen LogP contribution in [0.4, 0.5) is 0 Å². The molecular formula is C16H15O3Y-. The van der Waals surface area contributed by atoms with E-state index in [9.17, 15) is 4.79 Å². The number of carbonyl (C=O) groups is 1. The Hall–Kier alpha value is -1.32. The Labute approximate surface area is 143 Å². The molecule has 0 saturated heterocycles. The van der Waals surface area contributed by atoms with Gasteiger partial charge in [0, 0.05) is 39.1 Å². The first-order valence-corrected chi connectivity index (χ1v) is 6.06. The Morgan fingerprint density at radius 1 is 1.05 bits per heavy atom. The Balaban J connectivity index is 0.00000200. The van der Waals surface area contributed by atoms with Crippen LogP contribution in [0.25, 0.3) is 0 Å². The van der Waals surface area contributed by atoms with Crippen molar-refractivity contribution in [2.24, 2.45) is 0 Å². The molecule has 4 heteroatoms. The molecule has 20 heavy (non-hydrogen) atoms. The van der Waals surface area contributed by atoms with E-state index in [0.29, 0.717) is 6.61 Å². The minimum Gasteiger partial charge on any atom is -0.491 e. The summed E-state index contributed by atoms with van der Waals surface area (Å²) in [6, 6.07) is 17.3. The van der Waals surface area contributed by atoms with E-state index in [1.807, 2.05) is 54.6 Å². The van der Waals surface area contributed by atoms with Crippen molar-refractivity contribution >= 4 is 5.97 Å². The zero-order chi connectivity index (χ0) is 13.5. The molecule has 0 fully saturated rings. The van der Waals surface area contributed by atoms with Crippen LogP contribution in [0.1, 0.15) is 17.5 Å². The van der Waals surface area contributed by atoms with Crippen molar-refractivity contribution < 1.29 is 47.3 Å². The number of benzene rings is 2. The molecule has 0 atom stereocenters. The maximum absolute atomic E-state index is 10.4. The van der Waals surface area contributed by atoms with Crippen LogP contribution in [-0.2, 0) is 44.1 Å². The van der Waals surface area contributed by atoms with Crippen molar-refractivity contribution in [1.29, 1.82) is 0 Å². The Kier molecular flexibility index (Phi) is 7.34. The summed E-state index contributed by atoms with van der Waals surface area (Å²) in [4.78, 5) is 10.4. The molecule has 0 spiro atoms. The van der Waals surface area contributed by atoms with Gasteiger partial charge in [-0.2, -0.15) is 24.1 Å². The molecule has 1 radical (unpaired) electrons. The normalized spacial score (nSPS) is 9.40. The van der Waals surface area contributed by atoms with Gasteiger partial charge in [-0.25, -0.2) is 0 Å². The van der Waals surface area contributed by atoms with Crippen LogP contribution >= 0.6 is 0 Å². The summed E-state index contributed by atoms with van der Waals surface area (Å²) in [7, 11) is 0. The molecule has 0 heterocycles. The summed E-state index contributed by atoms with van der Waals surface area (Å²) in [5.74, 6) is -0.0549. The van der Waals surface area contributed by atoms with E-state index in [2.05, 4.69) is 0 Å². The van der Waals surface area contributed by atoms with Crippen molar-refractivity contribution in [3.63, 3.8) is 0 Å². The average molecular weight is 344 g/mol. The van der Waals surface area contributed by atoms with Gasteiger partial charge < -0.3 is 9.84 Å². The quantitative estimate of drug-likeness (QED) is 0.818. The van der Waals surface area contributed by atoms with Gasteiger partial charge in [0.15, 0.2) is 0 Å². The first-order chi connectivity index (χ1) is 9.24. The predicted molar refractivity (Wildman–Crippen MR) is 72.9 cm³/mol. The summed E-state index contributed by atoms with van der Waals surface area (Å²) < 4.78 is 5.64. The Morgan fingerprint density at radius 2 is 1.70 bits per heavy atom. The average Bonchev–Trinajstić information content (AvgIpc) is 2.45. The van der Waals surface area contributed by atoms with E-state index < -0.39 is 5.97 Å². The molecule has 0 bridgehead atoms. The topological polar surface area (TPSA) is 46.5 Å². The fourth-order valence-electron chi connectivity index (χ4n) is 1.65. The van der Waals surface area contributed by atoms with Gasteiger partial charge in [0.05, 0.1) is 5.75 Å². The second kappa shape index (κ2) is 8.78. The van der Waals surface area contributed by atoms with E-state index in [-0.39, 0.29) is 39.1 Å². The number of carboxylic acids is 1. The molecule has 0 amide bonds. The zero-order valence-corrected chi connectivity index (χ0v) is 13.9. The van der Waals surface area contributed by atoms with Crippen molar-refractivity contribution in [2.45, 2.75) is 13.0 Å². The third-order valence-electron chi connectivity index (χ3n) is 2.64. The zero-order valence-electron chi connectivity index (χ0n) is 11.0.